The van der Waals surface area contributed by atoms with Gasteiger partial charge in [-0.25, -0.2) is 9.97 Å². The average molecular weight is 268 g/mol. The Morgan fingerprint density at radius 2 is 2.11 bits per heavy atom. The molecule has 0 saturated heterocycles. The van der Waals surface area contributed by atoms with E-state index >= 15 is 0 Å². The van der Waals surface area contributed by atoms with Gasteiger partial charge in [0.15, 0.2) is 5.16 Å². The van der Waals surface area contributed by atoms with Crippen LogP contribution in [0, 0.1) is 0 Å². The standard InChI is InChI=1S/C12H20N4OS/c1-12(14-2,10(13)17)6-3-4-9-18-11-15-7-5-8-16-11/h5,7-8,14H,3-4,6,9H2,1-2H3,(H2,13,17). The van der Waals surface area contributed by atoms with E-state index in [4.69, 9.17) is 5.73 Å². The summed E-state index contributed by atoms with van der Waals surface area (Å²) in [7, 11) is 1.76. The van der Waals surface area contributed by atoms with Crippen LogP contribution in [0.25, 0.3) is 0 Å². The Bertz CT molecular complexity index is 374. The third kappa shape index (κ3) is 4.62. The van der Waals surface area contributed by atoms with Crippen LogP contribution in [-0.4, -0.2) is 34.2 Å². The van der Waals surface area contributed by atoms with Crippen LogP contribution >= 0.6 is 11.8 Å². The highest BCUT2D eigenvalue weighted by Gasteiger charge is 2.27. The molecule has 0 saturated carbocycles. The number of rotatable bonds is 8. The Balaban J connectivity index is 2.21. The highest BCUT2D eigenvalue weighted by molar-refractivity contribution is 7.99. The van der Waals surface area contributed by atoms with Gasteiger partial charge in [-0.3, -0.25) is 4.79 Å². The van der Waals surface area contributed by atoms with Crippen molar-refractivity contribution in [3.05, 3.63) is 18.5 Å². The molecular weight excluding hydrogens is 248 g/mol. The number of carbonyl (C=O) groups excluding carboxylic acids is 1. The topological polar surface area (TPSA) is 80.9 Å². The molecule has 18 heavy (non-hydrogen) atoms. The van der Waals surface area contributed by atoms with E-state index in [1.54, 1.807) is 37.3 Å². The van der Waals surface area contributed by atoms with Gasteiger partial charge in [0.25, 0.3) is 0 Å². The molecule has 0 spiro atoms. The lowest BCUT2D eigenvalue weighted by Crippen LogP contribution is -2.51. The van der Waals surface area contributed by atoms with E-state index in [0.29, 0.717) is 0 Å². The number of aromatic nitrogens is 2. The van der Waals surface area contributed by atoms with E-state index in [9.17, 15) is 4.79 Å². The van der Waals surface area contributed by atoms with Gasteiger partial charge in [-0.15, -0.1) is 0 Å². The van der Waals surface area contributed by atoms with Gasteiger partial charge in [0.2, 0.25) is 5.91 Å². The summed E-state index contributed by atoms with van der Waals surface area (Å²) in [6.45, 7) is 1.84. The molecule has 0 aliphatic heterocycles. The predicted octanol–water partition coefficient (Wildman–Crippen LogP) is 1.20. The Morgan fingerprint density at radius 3 is 2.67 bits per heavy atom. The fourth-order valence-electron chi connectivity index (χ4n) is 1.48. The van der Waals surface area contributed by atoms with Gasteiger partial charge in [0, 0.05) is 18.1 Å². The maximum atomic E-state index is 11.3. The molecule has 1 aromatic heterocycles. The molecule has 3 N–H and O–H groups in total. The molecule has 1 aromatic rings. The minimum absolute atomic E-state index is 0.302. The van der Waals surface area contributed by atoms with Crippen LogP contribution < -0.4 is 11.1 Å². The maximum Gasteiger partial charge on any atom is 0.237 e. The van der Waals surface area contributed by atoms with Crippen molar-refractivity contribution in [1.29, 1.82) is 0 Å². The van der Waals surface area contributed by atoms with Crippen molar-refractivity contribution in [2.24, 2.45) is 5.73 Å². The molecule has 0 radical (unpaired) electrons. The first-order valence-electron chi connectivity index (χ1n) is 5.97. The Morgan fingerprint density at radius 1 is 1.44 bits per heavy atom. The highest BCUT2D eigenvalue weighted by atomic mass is 32.2. The third-order valence-corrected chi connectivity index (χ3v) is 3.90. The van der Waals surface area contributed by atoms with Crippen molar-refractivity contribution in [3.63, 3.8) is 0 Å². The Hall–Kier alpha value is -1.14. The molecule has 1 amide bonds. The smallest absolute Gasteiger partial charge is 0.237 e. The van der Waals surface area contributed by atoms with Crippen LogP contribution in [0.2, 0.25) is 0 Å². The molecular formula is C12H20N4OS. The summed E-state index contributed by atoms with van der Waals surface area (Å²) in [6, 6.07) is 1.80. The number of nitrogens with one attached hydrogen (secondary N) is 1. The molecule has 1 atom stereocenters. The molecule has 5 nitrogen and oxygen atoms in total. The minimum Gasteiger partial charge on any atom is -0.368 e. The van der Waals surface area contributed by atoms with Crippen LogP contribution in [0.1, 0.15) is 26.2 Å². The zero-order valence-electron chi connectivity index (χ0n) is 10.8. The van der Waals surface area contributed by atoms with Crippen LogP contribution in [0.3, 0.4) is 0 Å². The first-order valence-corrected chi connectivity index (χ1v) is 6.96. The van der Waals surface area contributed by atoms with Gasteiger partial charge < -0.3 is 11.1 Å². The van der Waals surface area contributed by atoms with Gasteiger partial charge in [-0.1, -0.05) is 18.2 Å². The first-order chi connectivity index (χ1) is 8.58. The van der Waals surface area contributed by atoms with Crippen LogP contribution in [-0.2, 0) is 4.79 Å². The lowest BCUT2D eigenvalue weighted by atomic mass is 9.94. The quantitative estimate of drug-likeness (QED) is 0.421. The fraction of sp³-hybridized carbons (Fsp3) is 0.583. The number of nitrogens with zero attached hydrogens (tertiary/aromatic N) is 2. The Kier molecular flexibility index (Phi) is 6.07. The second-order valence-electron chi connectivity index (χ2n) is 4.28. The summed E-state index contributed by atoms with van der Waals surface area (Å²) >= 11 is 1.63. The van der Waals surface area contributed by atoms with E-state index in [0.717, 1.165) is 30.2 Å². The Labute approximate surface area is 112 Å². The summed E-state index contributed by atoms with van der Waals surface area (Å²) in [6.07, 6.45) is 6.17. The maximum absolute atomic E-state index is 11.3. The second kappa shape index (κ2) is 7.33. The number of carbonyl (C=O) groups is 1. The molecule has 1 rings (SSSR count). The largest absolute Gasteiger partial charge is 0.368 e. The van der Waals surface area contributed by atoms with Crippen LogP contribution in [0.5, 0.6) is 0 Å². The van der Waals surface area contributed by atoms with Crippen molar-refractivity contribution >= 4 is 17.7 Å². The first kappa shape index (κ1) is 14.9. The molecule has 1 heterocycles. The second-order valence-corrected chi connectivity index (χ2v) is 5.35. The van der Waals surface area contributed by atoms with E-state index < -0.39 is 5.54 Å². The van der Waals surface area contributed by atoms with Gasteiger partial charge in [-0.05, 0) is 32.9 Å². The number of hydrogen-bond acceptors (Lipinski definition) is 5. The zero-order chi connectivity index (χ0) is 13.4. The predicted molar refractivity (Wildman–Crippen MR) is 73.3 cm³/mol. The summed E-state index contributed by atoms with van der Waals surface area (Å²) < 4.78 is 0. The lowest BCUT2D eigenvalue weighted by molar-refractivity contribution is -0.123. The average Bonchev–Trinajstić information content (AvgIpc) is 2.39. The van der Waals surface area contributed by atoms with Crippen LogP contribution in [0.4, 0.5) is 0 Å². The van der Waals surface area contributed by atoms with E-state index in [-0.39, 0.29) is 5.91 Å². The van der Waals surface area contributed by atoms with E-state index in [1.165, 1.54) is 0 Å². The van der Waals surface area contributed by atoms with Crippen molar-refractivity contribution in [2.75, 3.05) is 12.8 Å². The number of amides is 1. The minimum atomic E-state index is -0.603. The lowest BCUT2D eigenvalue weighted by Gasteiger charge is -2.25. The number of nitrogens with two attached hydrogens (primary N) is 1. The summed E-state index contributed by atoms with van der Waals surface area (Å²) in [5.74, 6) is 0.645. The van der Waals surface area contributed by atoms with E-state index in [1.807, 2.05) is 6.92 Å². The number of thioether (sulfide) groups is 1. The molecule has 6 heteroatoms. The van der Waals surface area contributed by atoms with Crippen molar-refractivity contribution < 1.29 is 4.79 Å². The molecule has 100 valence electrons. The van der Waals surface area contributed by atoms with Crippen molar-refractivity contribution in [1.82, 2.24) is 15.3 Å². The molecule has 0 aromatic carbocycles. The fourth-order valence-corrected chi connectivity index (χ4v) is 2.28. The number of unbranched alkanes of at least 4 members (excludes halogenated alkanes) is 1. The highest BCUT2D eigenvalue weighted by Crippen LogP contribution is 2.17. The number of likely N-dealkylation sites (N-methyl/N-ethyl adjacent to an activating group) is 1. The molecule has 0 aliphatic carbocycles. The molecule has 0 fully saturated rings. The molecule has 0 bridgehead atoms. The van der Waals surface area contributed by atoms with Gasteiger partial charge >= 0.3 is 0 Å². The summed E-state index contributed by atoms with van der Waals surface area (Å²) in [4.78, 5) is 19.5. The van der Waals surface area contributed by atoms with Crippen molar-refractivity contribution in [2.45, 2.75) is 36.9 Å². The summed E-state index contributed by atoms with van der Waals surface area (Å²) in [5, 5.41) is 3.78. The molecule has 1 unspecified atom stereocenters. The zero-order valence-corrected chi connectivity index (χ0v) is 11.7. The third-order valence-electron chi connectivity index (χ3n) is 2.94. The molecule has 0 aliphatic rings. The van der Waals surface area contributed by atoms with Crippen molar-refractivity contribution in [3.8, 4) is 0 Å². The summed E-state index contributed by atoms with van der Waals surface area (Å²) in [5.41, 5.74) is 4.76. The van der Waals surface area contributed by atoms with Crippen LogP contribution in [0.15, 0.2) is 23.6 Å². The number of primary amides is 1. The SMILES string of the molecule is CNC(C)(CCCCSc1ncccn1)C(N)=O. The van der Waals surface area contributed by atoms with Gasteiger partial charge in [0.1, 0.15) is 0 Å². The van der Waals surface area contributed by atoms with Gasteiger partial charge in [-0.2, -0.15) is 0 Å². The van der Waals surface area contributed by atoms with Gasteiger partial charge in [0.05, 0.1) is 5.54 Å². The number of hydrogen-bond donors (Lipinski definition) is 2. The monoisotopic (exact) mass is 268 g/mol. The normalized spacial score (nSPS) is 14.1. The van der Waals surface area contributed by atoms with E-state index in [2.05, 4.69) is 15.3 Å².